The Hall–Kier alpha value is -4.79. The van der Waals surface area contributed by atoms with Crippen molar-refractivity contribution in [3.63, 3.8) is 0 Å². The molecule has 14 heteroatoms. The van der Waals surface area contributed by atoms with E-state index in [1.807, 2.05) is 74.8 Å². The highest BCUT2D eigenvalue weighted by Crippen LogP contribution is 2.43. The van der Waals surface area contributed by atoms with Gasteiger partial charge in [0.25, 0.3) is 15.7 Å². The third-order valence-corrected chi connectivity index (χ3v) is 14.0. The fourth-order valence-corrected chi connectivity index (χ4v) is 10.1. The molecule has 1 aliphatic carbocycles. The zero-order valence-electron chi connectivity index (χ0n) is 34.5. The Bertz CT molecular complexity index is 2510. The lowest BCUT2D eigenvalue weighted by atomic mass is 9.72. The third-order valence-electron chi connectivity index (χ3n) is 11.3. The molecular weight excluding hydrogens is 814 g/mol. The highest BCUT2D eigenvalue weighted by molar-refractivity contribution is 7.99. The molecule has 11 nitrogen and oxygen atoms in total. The number of fused-ring (bicyclic) bond motifs is 1. The molecule has 2 heterocycles. The van der Waals surface area contributed by atoms with Crippen LogP contribution < -0.4 is 10.0 Å². The Morgan fingerprint density at radius 3 is 2.47 bits per heavy atom. The van der Waals surface area contributed by atoms with Crippen molar-refractivity contribution < 1.29 is 13.3 Å². The van der Waals surface area contributed by atoms with Crippen molar-refractivity contribution >= 4 is 72.6 Å². The van der Waals surface area contributed by atoms with Crippen molar-refractivity contribution in [2.24, 2.45) is 5.41 Å². The summed E-state index contributed by atoms with van der Waals surface area (Å²) in [4.78, 5) is 26.0. The maximum Gasteiger partial charge on any atom is 0.293 e. The number of benzene rings is 4. The Morgan fingerprint density at radius 1 is 0.983 bits per heavy atom. The molecule has 0 saturated heterocycles. The molecule has 7 rings (SSSR count). The Balaban J connectivity index is 1.05. The molecule has 1 aromatic heterocycles. The predicted molar refractivity (Wildman–Crippen MR) is 246 cm³/mol. The molecule has 0 unspecified atom stereocenters. The molecule has 2 aliphatic rings. The number of anilines is 2. The van der Waals surface area contributed by atoms with Gasteiger partial charge in [0.1, 0.15) is 12.0 Å². The molecule has 0 radical (unpaired) electrons. The van der Waals surface area contributed by atoms with Gasteiger partial charge in [0, 0.05) is 52.8 Å². The summed E-state index contributed by atoms with van der Waals surface area (Å²) in [6, 6.07) is 27.8. The van der Waals surface area contributed by atoms with E-state index in [2.05, 4.69) is 61.9 Å². The minimum atomic E-state index is -4.26. The van der Waals surface area contributed by atoms with Gasteiger partial charge in [-0.15, -0.1) is 11.8 Å². The summed E-state index contributed by atoms with van der Waals surface area (Å²) in [5.74, 6) is 0.764. The fraction of sp³-hybridized carbons (Fsp3) is 0.348. The Morgan fingerprint density at radius 2 is 1.75 bits per heavy atom. The molecule has 1 atom stereocenters. The summed E-state index contributed by atoms with van der Waals surface area (Å²) in [6.07, 6.45) is 8.50. The van der Waals surface area contributed by atoms with Gasteiger partial charge in [-0.3, -0.25) is 19.7 Å². The van der Waals surface area contributed by atoms with Crippen molar-refractivity contribution in [2.45, 2.75) is 61.8 Å². The quantitative estimate of drug-likeness (QED) is 0.0561. The van der Waals surface area contributed by atoms with E-state index in [9.17, 15) is 18.5 Å². The van der Waals surface area contributed by atoms with Crippen LogP contribution in [0, 0.1) is 15.5 Å². The first-order valence-electron chi connectivity index (χ1n) is 20.3. The van der Waals surface area contributed by atoms with Crippen LogP contribution in [0.2, 0.25) is 5.02 Å². The maximum absolute atomic E-state index is 13.8. The predicted octanol–water partition coefficient (Wildman–Crippen LogP) is 10.3. The van der Waals surface area contributed by atoms with Crippen molar-refractivity contribution in [3.8, 4) is 0 Å². The number of nitro groups is 1. The van der Waals surface area contributed by atoms with Crippen LogP contribution in [0.4, 0.5) is 17.2 Å². The van der Waals surface area contributed by atoms with E-state index >= 15 is 0 Å². The monoisotopic (exact) mass is 865 g/mol. The second-order valence-electron chi connectivity index (χ2n) is 16.7. The molecule has 1 aliphatic heterocycles. The number of nitrogens with zero attached hydrogens (tertiary/aromatic N) is 5. The van der Waals surface area contributed by atoms with E-state index in [0.29, 0.717) is 16.7 Å². The van der Waals surface area contributed by atoms with Crippen molar-refractivity contribution in [1.29, 1.82) is 0 Å². The van der Waals surface area contributed by atoms with Gasteiger partial charge in [0.15, 0.2) is 5.82 Å². The van der Waals surface area contributed by atoms with Crippen LogP contribution in [-0.2, 0) is 10.0 Å². The number of thioether (sulfide) groups is 1. The second-order valence-corrected chi connectivity index (χ2v) is 19.9. The molecule has 0 saturated carbocycles. The number of nitrogens with one attached hydrogen (secondary N) is 2. The third kappa shape index (κ3) is 10.9. The average Bonchev–Trinajstić information content (AvgIpc) is 3.22. The van der Waals surface area contributed by atoms with E-state index < -0.39 is 14.9 Å². The average molecular weight is 867 g/mol. The first-order chi connectivity index (χ1) is 28.7. The summed E-state index contributed by atoms with van der Waals surface area (Å²) in [5.41, 5.74) is 7.25. The number of halogens is 1. The van der Waals surface area contributed by atoms with Crippen molar-refractivity contribution in [2.75, 3.05) is 56.1 Å². The van der Waals surface area contributed by atoms with Crippen LogP contribution in [0.1, 0.15) is 57.1 Å². The van der Waals surface area contributed by atoms with Gasteiger partial charge in [-0.1, -0.05) is 73.5 Å². The van der Waals surface area contributed by atoms with Crippen molar-refractivity contribution in [1.82, 2.24) is 19.8 Å². The van der Waals surface area contributed by atoms with Gasteiger partial charge >= 0.3 is 0 Å². The second kappa shape index (κ2) is 18.9. The number of rotatable bonds is 16. The van der Waals surface area contributed by atoms with Gasteiger partial charge in [-0.2, -0.15) is 0 Å². The Labute approximate surface area is 362 Å². The highest BCUT2D eigenvalue weighted by atomic mass is 35.5. The Kier molecular flexibility index (Phi) is 13.6. The number of nitro benzene ring substituents is 1. The SMILES string of the molecule is CN(C)CC[C@H](CSc1ccccc1)Nc1ccc(S(=O)(=O)Nc2ncnc3cc(C4=CCN(CC5=C(c6ccc(Cl)cc6)CCC(C)(C)C5)CC4)ccc23)cc1[N+](=O)[O-]. The van der Waals surface area contributed by atoms with E-state index in [1.165, 1.54) is 40.7 Å². The molecule has 0 fully saturated rings. The van der Waals surface area contributed by atoms with E-state index in [4.69, 9.17) is 11.6 Å². The van der Waals surface area contributed by atoms with Crippen LogP contribution in [0.3, 0.4) is 0 Å². The number of allylic oxidation sites excluding steroid dienone is 1. The zero-order valence-corrected chi connectivity index (χ0v) is 36.9. The molecule has 60 heavy (non-hydrogen) atoms. The van der Waals surface area contributed by atoms with E-state index in [1.54, 1.807) is 11.8 Å². The standard InChI is InChI=1S/C46H52ClN7O4S2/c1-46(2)22-18-40(33-10-13-36(47)14-11-33)35(28-46)29-53-24-19-32(20-25-53)34-12-16-41-43(26-34)48-31-49-45(41)51-60(57,58)39-15-17-42(44(27-39)54(55)56)50-37(21-23-52(3)4)30-59-38-8-6-5-7-9-38/h5-17,19,26-27,31,37,50H,18,20-25,28-30H2,1-4H3,(H,48,49,51)/t37-/m1/s1. The lowest BCUT2D eigenvalue weighted by Gasteiger charge is -2.36. The number of hydrogen-bond acceptors (Lipinski definition) is 10. The summed E-state index contributed by atoms with van der Waals surface area (Å²) < 4.78 is 30.1. The van der Waals surface area contributed by atoms with Crippen LogP contribution in [0.15, 0.2) is 119 Å². The molecule has 5 aromatic rings. The van der Waals surface area contributed by atoms with Gasteiger partial charge < -0.3 is 10.2 Å². The fourth-order valence-electron chi connectivity index (χ4n) is 7.97. The smallest absolute Gasteiger partial charge is 0.293 e. The van der Waals surface area contributed by atoms with Crippen molar-refractivity contribution in [3.05, 3.63) is 135 Å². The molecule has 0 amide bonds. The molecule has 2 N–H and O–H groups in total. The topological polar surface area (TPSA) is 134 Å². The summed E-state index contributed by atoms with van der Waals surface area (Å²) in [5, 5.41) is 16.9. The van der Waals surface area contributed by atoms with Crippen LogP contribution in [0.5, 0.6) is 0 Å². The largest absolute Gasteiger partial charge is 0.376 e. The summed E-state index contributed by atoms with van der Waals surface area (Å²) >= 11 is 7.87. The van der Waals surface area contributed by atoms with Gasteiger partial charge in [0.2, 0.25) is 0 Å². The van der Waals surface area contributed by atoms with Crippen LogP contribution >= 0.6 is 23.4 Å². The van der Waals surface area contributed by atoms with E-state index in [-0.39, 0.29) is 33.5 Å². The molecule has 314 valence electrons. The first kappa shape index (κ1) is 43.3. The van der Waals surface area contributed by atoms with Gasteiger partial charge in [-0.25, -0.2) is 18.4 Å². The highest BCUT2D eigenvalue weighted by Gasteiger charge is 2.29. The molecule has 0 bridgehead atoms. The van der Waals surface area contributed by atoms with Crippen LogP contribution in [0.25, 0.3) is 22.0 Å². The number of hydrogen-bond donors (Lipinski definition) is 2. The normalized spacial score (nSPS) is 16.5. The summed E-state index contributed by atoms with van der Waals surface area (Å²) in [7, 11) is -0.304. The lowest BCUT2D eigenvalue weighted by molar-refractivity contribution is -0.384. The maximum atomic E-state index is 13.8. The van der Waals surface area contributed by atoms with E-state index in [0.717, 1.165) is 79.8 Å². The number of aromatic nitrogens is 2. The molecule has 0 spiro atoms. The molecule has 4 aromatic carbocycles. The zero-order chi connectivity index (χ0) is 42.4. The minimum absolute atomic E-state index is 0.0991. The minimum Gasteiger partial charge on any atom is -0.376 e. The summed E-state index contributed by atoms with van der Waals surface area (Å²) in [6.45, 7) is 8.15. The van der Waals surface area contributed by atoms with Crippen LogP contribution in [-0.4, -0.2) is 85.2 Å². The lowest BCUT2D eigenvalue weighted by Crippen LogP contribution is -2.33. The number of sulfonamides is 1. The van der Waals surface area contributed by atoms with Gasteiger partial charge in [-0.05, 0) is 129 Å². The van der Waals surface area contributed by atoms with Gasteiger partial charge in [0.05, 0.1) is 15.3 Å². The molecular formula is C46H52ClN7O4S2. The first-order valence-corrected chi connectivity index (χ1v) is 23.1.